The Hall–Kier alpha value is -2.79. The van der Waals surface area contributed by atoms with Crippen LogP contribution in [-0.4, -0.2) is 40.5 Å². The lowest BCUT2D eigenvalue weighted by Crippen LogP contribution is -2.24. The van der Waals surface area contributed by atoms with Crippen LogP contribution < -0.4 is 0 Å². The van der Waals surface area contributed by atoms with Gasteiger partial charge in [-0.3, -0.25) is 0 Å². The topological polar surface area (TPSA) is 92.5 Å². The molecule has 3 aromatic heterocycles. The molecule has 0 bridgehead atoms. The van der Waals surface area contributed by atoms with Gasteiger partial charge >= 0.3 is 6.09 Å². The Morgan fingerprint density at radius 3 is 2.70 bits per heavy atom. The zero-order chi connectivity index (χ0) is 19.8. The van der Waals surface area contributed by atoms with Gasteiger partial charge in [0.25, 0.3) is 10.0 Å². The minimum atomic E-state index is -4.22. The summed E-state index contributed by atoms with van der Waals surface area (Å²) in [5.74, 6) is -2.08. The zero-order valence-corrected chi connectivity index (χ0v) is 15.5. The van der Waals surface area contributed by atoms with E-state index in [0.29, 0.717) is 3.97 Å². The summed E-state index contributed by atoms with van der Waals surface area (Å²) in [5, 5.41) is 11.9. The predicted octanol–water partition coefficient (Wildman–Crippen LogP) is 3.24. The van der Waals surface area contributed by atoms with Crippen molar-refractivity contribution in [2.75, 3.05) is 7.05 Å². The van der Waals surface area contributed by atoms with Crippen LogP contribution in [-0.2, 0) is 16.6 Å². The molecule has 3 heterocycles. The number of hydrogen-bond donors (Lipinski definition) is 1. The van der Waals surface area contributed by atoms with E-state index in [1.54, 1.807) is 0 Å². The molecule has 0 fully saturated rings. The van der Waals surface area contributed by atoms with Crippen molar-refractivity contribution in [3.63, 3.8) is 0 Å². The lowest BCUT2D eigenvalue weighted by molar-refractivity contribution is 0.153. The summed E-state index contributed by atoms with van der Waals surface area (Å²) < 4.78 is 55.7. The minimum absolute atomic E-state index is 0.0915. The Bertz CT molecular complexity index is 1100. The molecule has 3 aromatic rings. The second kappa shape index (κ2) is 7.08. The van der Waals surface area contributed by atoms with E-state index in [-0.39, 0.29) is 16.0 Å². The third kappa shape index (κ3) is 3.43. The van der Waals surface area contributed by atoms with E-state index in [9.17, 15) is 17.6 Å². The van der Waals surface area contributed by atoms with Crippen LogP contribution in [0.15, 0.2) is 46.2 Å². The van der Waals surface area contributed by atoms with Crippen molar-refractivity contribution >= 4 is 27.5 Å². The molecule has 0 saturated heterocycles. The smallest absolute Gasteiger partial charge is 0.407 e. The Morgan fingerprint density at radius 1 is 1.37 bits per heavy atom. The minimum Gasteiger partial charge on any atom is -0.465 e. The van der Waals surface area contributed by atoms with Crippen LogP contribution in [0.4, 0.5) is 13.6 Å². The highest BCUT2D eigenvalue weighted by atomic mass is 32.2. The van der Waals surface area contributed by atoms with E-state index >= 15 is 4.39 Å². The van der Waals surface area contributed by atoms with Gasteiger partial charge in [-0.2, -0.15) is 15.7 Å². The van der Waals surface area contributed by atoms with Gasteiger partial charge in [0.15, 0.2) is 5.82 Å². The average molecular weight is 413 g/mol. The van der Waals surface area contributed by atoms with E-state index in [0.717, 1.165) is 28.6 Å². The van der Waals surface area contributed by atoms with Gasteiger partial charge in [0, 0.05) is 30.4 Å². The summed E-state index contributed by atoms with van der Waals surface area (Å²) in [6.07, 6.45) is 0.789. The van der Waals surface area contributed by atoms with Crippen LogP contribution in [0.1, 0.15) is 5.56 Å². The molecular formula is C16H13F2N3O4S2. The number of pyridine rings is 1. The van der Waals surface area contributed by atoms with Gasteiger partial charge in [-0.25, -0.2) is 26.6 Å². The van der Waals surface area contributed by atoms with Gasteiger partial charge < -0.3 is 10.0 Å². The van der Waals surface area contributed by atoms with Gasteiger partial charge in [-0.05, 0) is 23.6 Å². The fourth-order valence-corrected chi connectivity index (χ4v) is 4.85. The number of halogens is 2. The fraction of sp³-hybridized carbons (Fsp3) is 0.125. The third-order valence-electron chi connectivity index (χ3n) is 3.78. The number of rotatable bonds is 5. The summed E-state index contributed by atoms with van der Waals surface area (Å²) in [4.78, 5) is 15.2. The van der Waals surface area contributed by atoms with Crippen molar-refractivity contribution < 1.29 is 27.1 Å². The van der Waals surface area contributed by atoms with Crippen LogP contribution in [0, 0.1) is 11.8 Å². The molecule has 1 amide bonds. The van der Waals surface area contributed by atoms with Gasteiger partial charge in [-0.1, -0.05) is 0 Å². The fourth-order valence-electron chi connectivity index (χ4n) is 2.45. The van der Waals surface area contributed by atoms with Crippen molar-refractivity contribution in [3.8, 4) is 11.3 Å². The molecule has 142 valence electrons. The molecule has 0 aliphatic heterocycles. The molecule has 0 aliphatic carbocycles. The number of amides is 1. The van der Waals surface area contributed by atoms with Crippen molar-refractivity contribution in [3.05, 3.63) is 58.7 Å². The maximum atomic E-state index is 15.1. The highest BCUT2D eigenvalue weighted by molar-refractivity contribution is 7.90. The van der Waals surface area contributed by atoms with Gasteiger partial charge in [0.05, 0.1) is 17.0 Å². The number of nitrogens with zero attached hydrogens (tertiary/aromatic N) is 3. The van der Waals surface area contributed by atoms with E-state index < -0.39 is 40.1 Å². The molecular weight excluding hydrogens is 400 g/mol. The van der Waals surface area contributed by atoms with Crippen LogP contribution in [0.3, 0.4) is 0 Å². The average Bonchev–Trinajstić information content (AvgIpc) is 3.25. The first-order chi connectivity index (χ1) is 12.7. The molecule has 0 aliphatic rings. The molecule has 0 atom stereocenters. The highest BCUT2D eigenvalue weighted by Gasteiger charge is 2.29. The summed E-state index contributed by atoms with van der Waals surface area (Å²) >= 11 is 1.13. The molecule has 11 heteroatoms. The van der Waals surface area contributed by atoms with Crippen molar-refractivity contribution in [2.24, 2.45) is 0 Å². The quantitative estimate of drug-likeness (QED) is 0.649. The van der Waals surface area contributed by atoms with Crippen molar-refractivity contribution in [2.45, 2.75) is 11.4 Å². The number of thiophene rings is 1. The zero-order valence-electron chi connectivity index (χ0n) is 13.8. The molecule has 1 N–H and O–H groups in total. The van der Waals surface area contributed by atoms with Crippen LogP contribution >= 0.6 is 11.3 Å². The summed E-state index contributed by atoms with van der Waals surface area (Å²) in [6.45, 7) is -0.414. The lowest BCUT2D eigenvalue weighted by Gasteiger charge is -2.11. The molecule has 3 rings (SSSR count). The molecule has 0 saturated carbocycles. The number of hydrogen-bond acceptors (Lipinski definition) is 5. The van der Waals surface area contributed by atoms with E-state index in [4.69, 9.17) is 5.11 Å². The van der Waals surface area contributed by atoms with E-state index in [2.05, 4.69) is 4.98 Å². The number of carbonyl (C=O) groups is 1. The van der Waals surface area contributed by atoms with Gasteiger partial charge in [0.2, 0.25) is 5.95 Å². The first kappa shape index (κ1) is 19.0. The lowest BCUT2D eigenvalue weighted by atomic mass is 10.2. The standard InChI is InChI=1S/C16H13F2N3O4S2/c1-20(16(22)23)7-10-8-21(27(24,25)11-4-6-26-9-11)14(13(10)17)12-3-2-5-19-15(12)18/h2-6,8-9H,7H2,1H3,(H,22,23). The second-order valence-corrected chi connectivity index (χ2v) is 8.15. The Balaban J connectivity index is 2.26. The number of carboxylic acid groups (broad SMARTS) is 1. The van der Waals surface area contributed by atoms with Crippen LogP contribution in [0.2, 0.25) is 0 Å². The predicted molar refractivity (Wildman–Crippen MR) is 94.0 cm³/mol. The summed E-state index contributed by atoms with van der Waals surface area (Å²) in [6, 6.07) is 3.88. The Morgan fingerprint density at radius 2 is 2.11 bits per heavy atom. The van der Waals surface area contributed by atoms with Gasteiger partial charge in [-0.15, -0.1) is 0 Å². The van der Waals surface area contributed by atoms with Crippen LogP contribution in [0.5, 0.6) is 0 Å². The third-order valence-corrected chi connectivity index (χ3v) is 6.27. The summed E-state index contributed by atoms with van der Waals surface area (Å²) in [7, 11) is -3.02. The SMILES string of the molecule is CN(Cc1cn(S(=O)(=O)c2ccsc2)c(-c2cccnc2F)c1F)C(=O)O. The van der Waals surface area contributed by atoms with Crippen molar-refractivity contribution in [1.29, 1.82) is 0 Å². The Kier molecular flexibility index (Phi) is 4.98. The highest BCUT2D eigenvalue weighted by Crippen LogP contribution is 2.32. The molecule has 0 radical (unpaired) electrons. The maximum Gasteiger partial charge on any atom is 0.407 e. The monoisotopic (exact) mass is 413 g/mol. The maximum absolute atomic E-state index is 15.1. The van der Waals surface area contributed by atoms with Gasteiger partial charge in [0.1, 0.15) is 5.69 Å². The number of aromatic nitrogens is 2. The second-order valence-electron chi connectivity index (χ2n) is 5.56. The first-order valence-electron chi connectivity index (χ1n) is 7.46. The van der Waals surface area contributed by atoms with Crippen molar-refractivity contribution in [1.82, 2.24) is 13.9 Å². The van der Waals surface area contributed by atoms with E-state index in [1.165, 1.54) is 36.0 Å². The first-order valence-corrected chi connectivity index (χ1v) is 9.84. The molecule has 7 nitrogen and oxygen atoms in total. The molecule has 0 aromatic carbocycles. The van der Waals surface area contributed by atoms with E-state index in [1.807, 2.05) is 0 Å². The Labute approximate surface area is 157 Å². The molecule has 0 spiro atoms. The largest absolute Gasteiger partial charge is 0.465 e. The van der Waals surface area contributed by atoms with Crippen LogP contribution in [0.25, 0.3) is 11.3 Å². The normalized spacial score (nSPS) is 11.5. The molecule has 0 unspecified atom stereocenters. The summed E-state index contributed by atoms with van der Waals surface area (Å²) in [5.41, 5.74) is -1.10. The molecule has 27 heavy (non-hydrogen) atoms.